The second-order valence-corrected chi connectivity index (χ2v) is 6.51. The van der Waals surface area contributed by atoms with Gasteiger partial charge in [0.05, 0.1) is 29.1 Å². The number of hydrogen-bond acceptors (Lipinski definition) is 3. The van der Waals surface area contributed by atoms with Crippen molar-refractivity contribution in [2.45, 2.75) is 65.1 Å². The van der Waals surface area contributed by atoms with Crippen LogP contribution in [0.5, 0.6) is 0 Å². The number of hydrogen-bond donors (Lipinski definition) is 1. The zero-order chi connectivity index (χ0) is 15.4. The van der Waals surface area contributed by atoms with Crippen molar-refractivity contribution >= 4 is 11.6 Å². The van der Waals surface area contributed by atoms with Crippen molar-refractivity contribution in [2.75, 3.05) is 13.2 Å². The highest BCUT2D eigenvalue weighted by Crippen LogP contribution is 2.41. The number of aromatic nitrogens is 2. The molecule has 1 aliphatic rings. The Morgan fingerprint density at radius 2 is 2.14 bits per heavy atom. The Kier molecular flexibility index (Phi) is 6.08. The molecule has 120 valence electrons. The fourth-order valence-electron chi connectivity index (χ4n) is 2.84. The Bertz CT molecular complexity index is 443. The summed E-state index contributed by atoms with van der Waals surface area (Å²) in [7, 11) is 0. The Balaban J connectivity index is 2.32. The maximum Gasteiger partial charge on any atom is 0.0835 e. The molecule has 2 unspecified atom stereocenters. The van der Waals surface area contributed by atoms with E-state index in [4.69, 9.17) is 16.3 Å². The van der Waals surface area contributed by atoms with Crippen LogP contribution in [0.15, 0.2) is 6.20 Å². The molecule has 1 heterocycles. The highest BCUT2D eigenvalue weighted by Gasteiger charge is 2.40. The first kappa shape index (κ1) is 16.8. The fourth-order valence-corrected chi connectivity index (χ4v) is 3.09. The Labute approximate surface area is 133 Å². The van der Waals surface area contributed by atoms with Crippen molar-refractivity contribution in [1.82, 2.24) is 15.1 Å². The van der Waals surface area contributed by atoms with Crippen molar-refractivity contribution in [2.24, 2.45) is 5.92 Å². The Morgan fingerprint density at radius 1 is 1.43 bits per heavy atom. The van der Waals surface area contributed by atoms with E-state index in [-0.39, 0.29) is 12.1 Å². The van der Waals surface area contributed by atoms with Gasteiger partial charge in [-0.25, -0.2) is 0 Å². The van der Waals surface area contributed by atoms with E-state index in [1.807, 2.05) is 4.68 Å². The third-order valence-electron chi connectivity index (χ3n) is 3.96. The highest BCUT2D eigenvalue weighted by molar-refractivity contribution is 6.31. The maximum absolute atomic E-state index is 6.45. The van der Waals surface area contributed by atoms with Crippen molar-refractivity contribution in [3.05, 3.63) is 16.9 Å². The van der Waals surface area contributed by atoms with E-state index in [0.717, 1.165) is 30.3 Å². The number of nitrogens with zero attached hydrogens (tertiary/aromatic N) is 2. The van der Waals surface area contributed by atoms with Crippen LogP contribution in [0.2, 0.25) is 5.02 Å². The molecular formula is C16H28ClN3O. The topological polar surface area (TPSA) is 39.1 Å². The van der Waals surface area contributed by atoms with Gasteiger partial charge in [-0.2, -0.15) is 5.10 Å². The van der Waals surface area contributed by atoms with Gasteiger partial charge in [0.25, 0.3) is 0 Å². The number of nitrogens with one attached hydrogen (secondary N) is 1. The van der Waals surface area contributed by atoms with Crippen LogP contribution in [0.1, 0.15) is 64.7 Å². The van der Waals surface area contributed by atoms with E-state index in [0.29, 0.717) is 12.0 Å². The van der Waals surface area contributed by atoms with E-state index < -0.39 is 0 Å². The van der Waals surface area contributed by atoms with Crippen molar-refractivity contribution in [3.63, 3.8) is 0 Å². The van der Waals surface area contributed by atoms with Crippen LogP contribution >= 0.6 is 11.6 Å². The van der Waals surface area contributed by atoms with Crippen LogP contribution < -0.4 is 5.32 Å². The third kappa shape index (κ3) is 3.99. The molecule has 1 aromatic rings. The summed E-state index contributed by atoms with van der Waals surface area (Å²) in [5.74, 6) is 0.644. The Hall–Kier alpha value is -0.580. The molecule has 5 heteroatoms. The molecule has 2 atom stereocenters. The van der Waals surface area contributed by atoms with Crippen LogP contribution in [0.4, 0.5) is 0 Å². The minimum atomic E-state index is 0.120. The zero-order valence-electron chi connectivity index (χ0n) is 13.6. The van der Waals surface area contributed by atoms with E-state index in [9.17, 15) is 0 Å². The number of ether oxygens (including phenoxy) is 1. The van der Waals surface area contributed by atoms with Crippen LogP contribution in [-0.4, -0.2) is 29.0 Å². The van der Waals surface area contributed by atoms with Crippen LogP contribution in [0, 0.1) is 5.92 Å². The minimum absolute atomic E-state index is 0.120. The van der Waals surface area contributed by atoms with Gasteiger partial charge in [0.2, 0.25) is 0 Å². The summed E-state index contributed by atoms with van der Waals surface area (Å²) in [6.07, 6.45) is 5.54. The molecular weight excluding hydrogens is 286 g/mol. The number of rotatable bonds is 9. The largest absolute Gasteiger partial charge is 0.376 e. The standard InChI is InChI=1S/C16H28ClN3O/c1-5-9-18-14(16(21-6-2)12-7-8-12)15-13(17)10-19-20(15)11(3)4/h10-12,14,16,18H,5-9H2,1-4H3. The lowest BCUT2D eigenvalue weighted by Gasteiger charge is -2.30. The van der Waals surface area contributed by atoms with Crippen LogP contribution in [-0.2, 0) is 4.74 Å². The summed E-state index contributed by atoms with van der Waals surface area (Å²) in [5, 5.41) is 8.84. The SMILES string of the molecule is CCCNC(c1c(Cl)cnn1C(C)C)C(OCC)C1CC1. The second kappa shape index (κ2) is 7.61. The summed E-state index contributed by atoms with van der Waals surface area (Å²) in [5.41, 5.74) is 1.07. The Morgan fingerprint density at radius 3 is 2.67 bits per heavy atom. The minimum Gasteiger partial charge on any atom is -0.376 e. The lowest BCUT2D eigenvalue weighted by molar-refractivity contribution is 0.0161. The van der Waals surface area contributed by atoms with E-state index >= 15 is 0 Å². The normalized spacial score (nSPS) is 18.2. The summed E-state index contributed by atoms with van der Waals surface area (Å²) in [4.78, 5) is 0. The summed E-state index contributed by atoms with van der Waals surface area (Å²) < 4.78 is 8.11. The first-order valence-electron chi connectivity index (χ1n) is 8.18. The monoisotopic (exact) mass is 313 g/mol. The molecule has 0 radical (unpaired) electrons. The average Bonchev–Trinajstić information content (AvgIpc) is 3.21. The lowest BCUT2D eigenvalue weighted by atomic mass is 10.0. The highest BCUT2D eigenvalue weighted by atomic mass is 35.5. The maximum atomic E-state index is 6.45. The quantitative estimate of drug-likeness (QED) is 0.749. The van der Waals surface area contributed by atoms with Crippen molar-refractivity contribution in [1.29, 1.82) is 0 Å². The smallest absolute Gasteiger partial charge is 0.0835 e. The molecule has 0 aliphatic heterocycles. The molecule has 1 aliphatic carbocycles. The van der Waals surface area contributed by atoms with Gasteiger partial charge in [0.1, 0.15) is 0 Å². The van der Waals surface area contributed by atoms with E-state index in [2.05, 4.69) is 38.1 Å². The third-order valence-corrected chi connectivity index (χ3v) is 4.25. The molecule has 0 amide bonds. The molecule has 0 saturated heterocycles. The molecule has 21 heavy (non-hydrogen) atoms. The van der Waals surface area contributed by atoms with E-state index in [1.165, 1.54) is 12.8 Å². The second-order valence-electron chi connectivity index (χ2n) is 6.11. The first-order chi connectivity index (χ1) is 10.1. The summed E-state index contributed by atoms with van der Waals surface area (Å²) >= 11 is 6.45. The molecule has 0 bridgehead atoms. The first-order valence-corrected chi connectivity index (χ1v) is 8.55. The molecule has 1 saturated carbocycles. The summed E-state index contributed by atoms with van der Waals surface area (Å²) in [6.45, 7) is 10.2. The van der Waals surface area contributed by atoms with E-state index in [1.54, 1.807) is 6.20 Å². The van der Waals surface area contributed by atoms with Gasteiger partial charge < -0.3 is 10.1 Å². The van der Waals surface area contributed by atoms with Gasteiger partial charge in [-0.3, -0.25) is 4.68 Å². The van der Waals surface area contributed by atoms with Gasteiger partial charge in [0.15, 0.2) is 0 Å². The zero-order valence-corrected chi connectivity index (χ0v) is 14.4. The molecule has 4 nitrogen and oxygen atoms in total. The van der Waals surface area contributed by atoms with Gasteiger partial charge in [0, 0.05) is 12.6 Å². The van der Waals surface area contributed by atoms with Crippen molar-refractivity contribution in [3.8, 4) is 0 Å². The number of halogens is 1. The van der Waals surface area contributed by atoms with Gasteiger partial charge in [-0.1, -0.05) is 18.5 Å². The van der Waals surface area contributed by atoms with Gasteiger partial charge in [-0.05, 0) is 52.5 Å². The molecule has 1 N–H and O–H groups in total. The summed E-state index contributed by atoms with van der Waals surface area (Å²) in [6, 6.07) is 0.412. The van der Waals surface area contributed by atoms with Crippen LogP contribution in [0.3, 0.4) is 0 Å². The molecule has 1 aromatic heterocycles. The molecule has 1 fully saturated rings. The predicted octanol–water partition coefficient (Wildman–Crippen LogP) is 3.97. The lowest BCUT2D eigenvalue weighted by Crippen LogP contribution is -2.37. The average molecular weight is 314 g/mol. The molecule has 0 spiro atoms. The van der Waals surface area contributed by atoms with Gasteiger partial charge in [-0.15, -0.1) is 0 Å². The predicted molar refractivity (Wildman–Crippen MR) is 86.8 cm³/mol. The molecule has 0 aromatic carbocycles. The van der Waals surface area contributed by atoms with Crippen molar-refractivity contribution < 1.29 is 4.74 Å². The molecule has 2 rings (SSSR count). The van der Waals surface area contributed by atoms with Gasteiger partial charge >= 0.3 is 0 Å². The van der Waals surface area contributed by atoms with Crippen LogP contribution in [0.25, 0.3) is 0 Å². The fraction of sp³-hybridized carbons (Fsp3) is 0.812.